The molecule has 0 spiro atoms. The van der Waals surface area contributed by atoms with E-state index in [1.807, 2.05) is 23.9 Å². The summed E-state index contributed by atoms with van der Waals surface area (Å²) in [6.45, 7) is 5.07. The lowest BCUT2D eigenvalue weighted by molar-refractivity contribution is 0.432. The average Bonchev–Trinajstić information content (AvgIpc) is 2.86. The van der Waals surface area contributed by atoms with E-state index >= 15 is 0 Å². The van der Waals surface area contributed by atoms with Gasteiger partial charge in [0.1, 0.15) is 0 Å². The molecule has 96 valence electrons. The molecule has 5 heteroatoms. The van der Waals surface area contributed by atoms with Gasteiger partial charge in [-0.05, 0) is 36.4 Å². The monoisotopic (exact) mass is 263 g/mol. The van der Waals surface area contributed by atoms with Crippen LogP contribution in [0.3, 0.4) is 0 Å². The fourth-order valence-corrected chi connectivity index (χ4v) is 2.17. The van der Waals surface area contributed by atoms with Gasteiger partial charge in [0.2, 0.25) is 5.82 Å². The zero-order valence-electron chi connectivity index (χ0n) is 10.6. The van der Waals surface area contributed by atoms with E-state index in [9.17, 15) is 0 Å². The first kappa shape index (κ1) is 13.0. The zero-order chi connectivity index (χ0) is 12.8. The summed E-state index contributed by atoms with van der Waals surface area (Å²) in [6.07, 6.45) is 1.03. The van der Waals surface area contributed by atoms with Crippen molar-refractivity contribution in [2.24, 2.45) is 0 Å². The van der Waals surface area contributed by atoms with Gasteiger partial charge in [0.25, 0.3) is 0 Å². The van der Waals surface area contributed by atoms with E-state index in [4.69, 9.17) is 4.52 Å². The molecule has 1 aromatic heterocycles. The van der Waals surface area contributed by atoms with Gasteiger partial charge in [-0.2, -0.15) is 4.98 Å². The first-order valence-electron chi connectivity index (χ1n) is 6.14. The standard InChI is InChI=1S/C13H17N3OS/c1-3-9-14-13-15-12(16-17-13)10-5-7-11(8-6-10)18-4-2/h5-8H,3-4,9H2,1-2H3,(H,14,15,16). The van der Waals surface area contributed by atoms with Gasteiger partial charge in [-0.25, -0.2) is 0 Å². The smallest absolute Gasteiger partial charge is 0.321 e. The van der Waals surface area contributed by atoms with Crippen LogP contribution >= 0.6 is 11.8 Å². The molecule has 0 fully saturated rings. The molecule has 0 atom stereocenters. The fraction of sp³-hybridized carbons (Fsp3) is 0.385. The summed E-state index contributed by atoms with van der Waals surface area (Å²) < 4.78 is 5.12. The van der Waals surface area contributed by atoms with Gasteiger partial charge in [-0.3, -0.25) is 0 Å². The predicted octanol–water partition coefficient (Wildman–Crippen LogP) is 3.67. The van der Waals surface area contributed by atoms with Crippen LogP contribution in [0.15, 0.2) is 33.7 Å². The molecule has 1 heterocycles. The van der Waals surface area contributed by atoms with Crippen LogP contribution in [0.1, 0.15) is 20.3 Å². The van der Waals surface area contributed by atoms with Gasteiger partial charge >= 0.3 is 6.01 Å². The SMILES string of the molecule is CCCNc1nc(-c2ccc(SCC)cc2)no1. The first-order valence-corrected chi connectivity index (χ1v) is 7.13. The molecule has 2 aromatic rings. The van der Waals surface area contributed by atoms with Gasteiger partial charge < -0.3 is 9.84 Å². The third kappa shape index (κ3) is 3.26. The van der Waals surface area contributed by atoms with Gasteiger partial charge in [0, 0.05) is 17.0 Å². The molecule has 4 nitrogen and oxygen atoms in total. The number of aromatic nitrogens is 2. The highest BCUT2D eigenvalue weighted by molar-refractivity contribution is 7.99. The molecule has 0 aliphatic heterocycles. The van der Waals surface area contributed by atoms with Crippen LogP contribution in [0, 0.1) is 0 Å². The Morgan fingerprint density at radius 2 is 2.00 bits per heavy atom. The number of hydrogen-bond donors (Lipinski definition) is 1. The Hall–Kier alpha value is -1.49. The number of hydrogen-bond acceptors (Lipinski definition) is 5. The molecule has 0 aliphatic rings. The molecule has 2 rings (SSSR count). The fourth-order valence-electron chi connectivity index (χ4n) is 1.51. The summed E-state index contributed by atoms with van der Waals surface area (Å²) in [6, 6.07) is 8.69. The van der Waals surface area contributed by atoms with E-state index in [1.165, 1.54) is 4.90 Å². The van der Waals surface area contributed by atoms with Gasteiger partial charge in [-0.1, -0.05) is 19.0 Å². The normalized spacial score (nSPS) is 10.6. The lowest BCUT2D eigenvalue weighted by Gasteiger charge is -1.98. The van der Waals surface area contributed by atoms with Crippen molar-refractivity contribution in [1.29, 1.82) is 0 Å². The van der Waals surface area contributed by atoms with E-state index in [1.54, 1.807) is 0 Å². The summed E-state index contributed by atoms with van der Waals surface area (Å²) in [5.74, 6) is 1.70. The first-order chi connectivity index (χ1) is 8.83. The van der Waals surface area contributed by atoms with E-state index < -0.39 is 0 Å². The number of anilines is 1. The third-order valence-electron chi connectivity index (χ3n) is 2.38. The second-order valence-electron chi connectivity index (χ2n) is 3.81. The van der Waals surface area contributed by atoms with Crippen molar-refractivity contribution in [2.75, 3.05) is 17.6 Å². The molecule has 0 unspecified atom stereocenters. The van der Waals surface area contributed by atoms with Crippen molar-refractivity contribution >= 4 is 17.8 Å². The summed E-state index contributed by atoms with van der Waals surface area (Å²) in [7, 11) is 0. The molecular weight excluding hydrogens is 246 g/mol. The molecular formula is C13H17N3OS. The lowest BCUT2D eigenvalue weighted by atomic mass is 10.2. The average molecular weight is 263 g/mol. The van der Waals surface area contributed by atoms with Gasteiger partial charge in [0.15, 0.2) is 0 Å². The van der Waals surface area contributed by atoms with Crippen molar-refractivity contribution in [3.8, 4) is 11.4 Å². The topological polar surface area (TPSA) is 51.0 Å². The minimum atomic E-state index is 0.485. The maximum Gasteiger partial charge on any atom is 0.321 e. The molecule has 0 saturated heterocycles. The third-order valence-corrected chi connectivity index (χ3v) is 3.27. The molecule has 0 saturated carbocycles. The molecule has 0 aliphatic carbocycles. The maximum absolute atomic E-state index is 5.12. The number of nitrogens with zero attached hydrogens (tertiary/aromatic N) is 2. The minimum Gasteiger partial charge on any atom is -0.338 e. The molecule has 18 heavy (non-hydrogen) atoms. The zero-order valence-corrected chi connectivity index (χ0v) is 11.5. The van der Waals surface area contributed by atoms with Crippen molar-refractivity contribution in [2.45, 2.75) is 25.2 Å². The Morgan fingerprint density at radius 1 is 1.22 bits per heavy atom. The van der Waals surface area contributed by atoms with E-state index in [0.717, 1.165) is 24.3 Å². The van der Waals surface area contributed by atoms with Gasteiger partial charge in [-0.15, -0.1) is 11.8 Å². The summed E-state index contributed by atoms with van der Waals surface area (Å²) in [5, 5.41) is 7.03. The van der Waals surface area contributed by atoms with Crippen LogP contribution in [0.5, 0.6) is 0 Å². The second-order valence-corrected chi connectivity index (χ2v) is 5.14. The highest BCUT2D eigenvalue weighted by Gasteiger charge is 2.07. The Morgan fingerprint density at radius 3 is 2.67 bits per heavy atom. The quantitative estimate of drug-likeness (QED) is 0.806. The van der Waals surface area contributed by atoms with Crippen LogP contribution in [-0.4, -0.2) is 22.4 Å². The summed E-state index contributed by atoms with van der Waals surface area (Å²) in [4.78, 5) is 5.56. The van der Waals surface area contributed by atoms with Crippen LogP contribution < -0.4 is 5.32 Å². The van der Waals surface area contributed by atoms with Crippen LogP contribution in [-0.2, 0) is 0 Å². The van der Waals surface area contributed by atoms with Gasteiger partial charge in [0.05, 0.1) is 0 Å². The van der Waals surface area contributed by atoms with Crippen LogP contribution in [0.2, 0.25) is 0 Å². The van der Waals surface area contributed by atoms with Crippen molar-refractivity contribution in [3.63, 3.8) is 0 Å². The van der Waals surface area contributed by atoms with E-state index in [2.05, 4.69) is 41.4 Å². The second kappa shape index (κ2) is 6.44. The predicted molar refractivity (Wildman–Crippen MR) is 74.9 cm³/mol. The Balaban J connectivity index is 2.08. The molecule has 1 N–H and O–H groups in total. The highest BCUT2D eigenvalue weighted by Crippen LogP contribution is 2.22. The summed E-state index contributed by atoms with van der Waals surface area (Å²) >= 11 is 1.82. The number of benzene rings is 1. The number of rotatable bonds is 6. The largest absolute Gasteiger partial charge is 0.338 e. The van der Waals surface area contributed by atoms with E-state index in [0.29, 0.717) is 11.8 Å². The van der Waals surface area contributed by atoms with Crippen molar-refractivity contribution in [1.82, 2.24) is 10.1 Å². The number of nitrogens with one attached hydrogen (secondary N) is 1. The highest BCUT2D eigenvalue weighted by atomic mass is 32.2. The van der Waals surface area contributed by atoms with E-state index in [-0.39, 0.29) is 0 Å². The Kier molecular flexibility index (Phi) is 4.64. The van der Waals surface area contributed by atoms with Crippen LogP contribution in [0.4, 0.5) is 6.01 Å². The molecule has 0 bridgehead atoms. The summed E-state index contributed by atoms with van der Waals surface area (Å²) in [5.41, 5.74) is 0.976. The minimum absolute atomic E-state index is 0.485. The van der Waals surface area contributed by atoms with Crippen LogP contribution in [0.25, 0.3) is 11.4 Å². The molecule has 0 radical (unpaired) electrons. The van der Waals surface area contributed by atoms with Crippen molar-refractivity contribution in [3.05, 3.63) is 24.3 Å². The Bertz CT molecular complexity index is 481. The molecule has 1 aromatic carbocycles. The lowest BCUT2D eigenvalue weighted by Crippen LogP contribution is -1.99. The van der Waals surface area contributed by atoms with Crippen molar-refractivity contribution < 1.29 is 4.52 Å². The Labute approximate surface area is 111 Å². The maximum atomic E-state index is 5.12. The number of thioether (sulfide) groups is 1. The molecule has 0 amide bonds.